The third-order valence-electron chi connectivity index (χ3n) is 6.82. The molecule has 6 rings (SSSR count). The van der Waals surface area contributed by atoms with E-state index in [1.807, 2.05) is 6.20 Å². The molecule has 0 aromatic carbocycles. The van der Waals surface area contributed by atoms with Crippen LogP contribution in [0.5, 0.6) is 0 Å². The van der Waals surface area contributed by atoms with E-state index in [1.165, 1.54) is 5.56 Å². The Kier molecular flexibility index (Phi) is 4.48. The molecule has 3 N–H and O–H groups in total. The molecule has 9 heteroatoms. The summed E-state index contributed by atoms with van der Waals surface area (Å²) in [5.74, 6) is 1.49. The zero-order valence-corrected chi connectivity index (χ0v) is 18.9. The highest BCUT2D eigenvalue weighted by Gasteiger charge is 2.31. The average Bonchev–Trinajstić information content (AvgIpc) is 3.16. The van der Waals surface area contributed by atoms with Gasteiger partial charge in [-0.3, -0.25) is 4.79 Å². The Bertz CT molecular complexity index is 1280. The molecule has 8 nitrogen and oxygen atoms in total. The monoisotopic (exact) mass is 449 g/mol. The lowest BCUT2D eigenvalue weighted by Gasteiger charge is -2.26. The van der Waals surface area contributed by atoms with Crippen molar-refractivity contribution in [3.8, 4) is 11.3 Å². The van der Waals surface area contributed by atoms with Gasteiger partial charge in [-0.15, -0.1) is 0 Å². The molecule has 1 aliphatic carbocycles. The molecule has 1 amide bonds. The van der Waals surface area contributed by atoms with Crippen LogP contribution in [-0.2, 0) is 32.2 Å². The number of carbonyl (C=O) groups excluding carboxylic acids is 1. The Balaban J connectivity index is 1.45. The largest absolute Gasteiger partial charge is 0.357 e. The number of pyridine rings is 1. The van der Waals surface area contributed by atoms with E-state index in [4.69, 9.17) is 16.6 Å². The van der Waals surface area contributed by atoms with Gasteiger partial charge in [-0.2, -0.15) is 0 Å². The highest BCUT2D eigenvalue weighted by Crippen LogP contribution is 2.41. The Morgan fingerprint density at radius 1 is 1.09 bits per heavy atom. The van der Waals surface area contributed by atoms with Gasteiger partial charge in [-0.25, -0.2) is 15.0 Å². The minimum absolute atomic E-state index is 0.0311. The number of likely N-dealkylation sites (N-methyl/N-ethyl adjacent to an activating group) is 1. The number of carbonyl (C=O) groups is 1. The van der Waals surface area contributed by atoms with Gasteiger partial charge in [-0.1, -0.05) is 0 Å². The van der Waals surface area contributed by atoms with Gasteiger partial charge in [-0.05, 0) is 49.5 Å². The second-order valence-electron chi connectivity index (χ2n) is 8.85. The van der Waals surface area contributed by atoms with E-state index in [-0.39, 0.29) is 11.2 Å². The second kappa shape index (κ2) is 7.28. The summed E-state index contributed by atoms with van der Waals surface area (Å²) in [5.41, 5.74) is 9.47. The number of hydrogen-bond donors (Lipinski definition) is 3. The van der Waals surface area contributed by atoms with E-state index < -0.39 is 0 Å². The summed E-state index contributed by atoms with van der Waals surface area (Å²) in [5, 5.41) is 6.67. The molecular weight excluding hydrogens is 426 g/mol. The first-order valence-corrected chi connectivity index (χ1v) is 11.4. The first-order chi connectivity index (χ1) is 15.5. The van der Waals surface area contributed by atoms with E-state index in [1.54, 1.807) is 0 Å². The maximum Gasteiger partial charge on any atom is 0.253 e. The van der Waals surface area contributed by atoms with Crippen LogP contribution in [0.1, 0.15) is 44.0 Å². The first-order valence-electron chi connectivity index (χ1n) is 11.0. The van der Waals surface area contributed by atoms with Gasteiger partial charge in [0.15, 0.2) is 0 Å². The summed E-state index contributed by atoms with van der Waals surface area (Å²) in [7, 11) is 2.09. The van der Waals surface area contributed by atoms with Gasteiger partial charge in [0.2, 0.25) is 5.28 Å². The first kappa shape index (κ1) is 19.7. The number of H-pyrrole nitrogens is 1. The van der Waals surface area contributed by atoms with Gasteiger partial charge in [0.05, 0.1) is 17.0 Å². The predicted molar refractivity (Wildman–Crippen MR) is 123 cm³/mol. The summed E-state index contributed by atoms with van der Waals surface area (Å²) in [6.07, 6.45) is 5.33. The molecule has 2 aliphatic heterocycles. The Labute approximate surface area is 190 Å². The molecule has 0 spiro atoms. The van der Waals surface area contributed by atoms with Crippen molar-refractivity contribution in [3.63, 3.8) is 0 Å². The lowest BCUT2D eigenvalue weighted by molar-refractivity contribution is 0.0945. The molecule has 0 saturated heterocycles. The smallest absolute Gasteiger partial charge is 0.253 e. The zero-order chi connectivity index (χ0) is 22.0. The summed E-state index contributed by atoms with van der Waals surface area (Å²) < 4.78 is 0. The number of aryl methyl sites for hydroxylation is 1. The summed E-state index contributed by atoms with van der Waals surface area (Å²) in [6.45, 7) is 4.46. The standard InChI is InChI=1S/C23H24ClN7O/c1-11-17-12(3-4-13-18-16(27-19(13)17)5-7-25-22(18)32)9-26-20(11)29-21-14-10-31(2)8-6-15(14)28-23(24)30-21/h9,27H,3-8,10H2,1-2H3,(H,25,32)(H,26,28,29,30). The van der Waals surface area contributed by atoms with E-state index in [0.29, 0.717) is 12.4 Å². The van der Waals surface area contributed by atoms with Crippen molar-refractivity contribution in [2.24, 2.45) is 0 Å². The third kappa shape index (κ3) is 3.01. The van der Waals surface area contributed by atoms with E-state index in [0.717, 1.165) is 89.5 Å². The van der Waals surface area contributed by atoms with Crippen LogP contribution in [0.2, 0.25) is 5.28 Å². The quantitative estimate of drug-likeness (QED) is 0.520. The molecule has 0 bridgehead atoms. The molecule has 0 unspecified atom stereocenters. The van der Waals surface area contributed by atoms with Crippen LogP contribution >= 0.6 is 11.6 Å². The van der Waals surface area contributed by atoms with Gasteiger partial charge in [0, 0.05) is 61.1 Å². The fraction of sp³-hybridized carbons (Fsp3) is 0.391. The average molecular weight is 450 g/mol. The fourth-order valence-electron chi connectivity index (χ4n) is 5.23. The van der Waals surface area contributed by atoms with Crippen LogP contribution in [-0.4, -0.2) is 50.9 Å². The lowest BCUT2D eigenvalue weighted by Crippen LogP contribution is -2.32. The highest BCUT2D eigenvalue weighted by atomic mass is 35.5. The number of nitrogens with zero attached hydrogens (tertiary/aromatic N) is 4. The van der Waals surface area contributed by atoms with E-state index >= 15 is 0 Å². The van der Waals surface area contributed by atoms with Crippen molar-refractivity contribution in [2.75, 3.05) is 25.5 Å². The van der Waals surface area contributed by atoms with Crippen LogP contribution in [0.25, 0.3) is 11.3 Å². The van der Waals surface area contributed by atoms with Crippen molar-refractivity contribution in [2.45, 2.75) is 39.2 Å². The Morgan fingerprint density at radius 3 is 2.84 bits per heavy atom. The van der Waals surface area contributed by atoms with Crippen LogP contribution in [0.4, 0.5) is 11.6 Å². The minimum atomic E-state index is 0.0311. The highest BCUT2D eigenvalue weighted by molar-refractivity contribution is 6.28. The fourth-order valence-corrected chi connectivity index (χ4v) is 5.42. The number of aromatic nitrogens is 4. The summed E-state index contributed by atoms with van der Waals surface area (Å²) in [4.78, 5) is 32.0. The van der Waals surface area contributed by atoms with Gasteiger partial charge < -0.3 is 20.5 Å². The Morgan fingerprint density at radius 2 is 1.97 bits per heavy atom. The number of amides is 1. The van der Waals surface area contributed by atoms with Crippen molar-refractivity contribution in [1.29, 1.82) is 0 Å². The number of rotatable bonds is 2. The van der Waals surface area contributed by atoms with Crippen molar-refractivity contribution in [3.05, 3.63) is 50.7 Å². The van der Waals surface area contributed by atoms with Gasteiger partial charge in [0.25, 0.3) is 5.91 Å². The number of fused-ring (bicyclic) bond motifs is 6. The molecule has 5 heterocycles. The molecular formula is C23H24ClN7O. The SMILES string of the molecule is Cc1c(Nc2nc(Cl)nc3c2CN(C)CC3)ncc2c1-c1[nH]c3c(c1CC2)C(=O)NCC3. The molecule has 0 saturated carbocycles. The number of anilines is 2. The van der Waals surface area contributed by atoms with Gasteiger partial charge >= 0.3 is 0 Å². The van der Waals surface area contributed by atoms with E-state index in [9.17, 15) is 4.79 Å². The van der Waals surface area contributed by atoms with Gasteiger partial charge in [0.1, 0.15) is 11.6 Å². The minimum Gasteiger partial charge on any atom is -0.357 e. The summed E-state index contributed by atoms with van der Waals surface area (Å²) >= 11 is 6.24. The molecule has 3 aromatic heterocycles. The molecule has 32 heavy (non-hydrogen) atoms. The Hall–Kier alpha value is -2.97. The number of aromatic amines is 1. The lowest BCUT2D eigenvalue weighted by atomic mass is 9.86. The molecule has 164 valence electrons. The molecule has 0 radical (unpaired) electrons. The maximum absolute atomic E-state index is 12.5. The number of halogens is 1. The normalized spacial score (nSPS) is 17.2. The van der Waals surface area contributed by atoms with Crippen molar-refractivity contribution >= 4 is 29.1 Å². The topological polar surface area (TPSA) is 98.8 Å². The third-order valence-corrected chi connectivity index (χ3v) is 6.99. The van der Waals surface area contributed by atoms with Crippen LogP contribution in [0.15, 0.2) is 6.20 Å². The van der Waals surface area contributed by atoms with Crippen LogP contribution in [0.3, 0.4) is 0 Å². The summed E-state index contributed by atoms with van der Waals surface area (Å²) in [6, 6.07) is 0. The van der Waals surface area contributed by atoms with Crippen LogP contribution in [0, 0.1) is 6.92 Å². The molecule has 3 aliphatic rings. The molecule has 0 atom stereocenters. The van der Waals surface area contributed by atoms with E-state index in [2.05, 4.69) is 44.5 Å². The van der Waals surface area contributed by atoms with Crippen molar-refractivity contribution < 1.29 is 4.79 Å². The molecule has 3 aromatic rings. The number of hydrogen-bond acceptors (Lipinski definition) is 6. The second-order valence-corrected chi connectivity index (χ2v) is 9.19. The molecule has 0 fully saturated rings. The number of nitrogens with one attached hydrogen (secondary N) is 3. The van der Waals surface area contributed by atoms with Crippen molar-refractivity contribution in [1.82, 2.24) is 30.2 Å². The zero-order valence-electron chi connectivity index (χ0n) is 18.1. The maximum atomic E-state index is 12.5. The predicted octanol–water partition coefficient (Wildman–Crippen LogP) is 2.94. The van der Waals surface area contributed by atoms with Crippen LogP contribution < -0.4 is 10.6 Å².